The number of hydrogen-bond acceptors (Lipinski definition) is 5. The summed E-state index contributed by atoms with van der Waals surface area (Å²) in [6, 6.07) is 17.3. The van der Waals surface area contributed by atoms with E-state index in [-0.39, 0.29) is 0 Å². The van der Waals surface area contributed by atoms with Crippen LogP contribution in [0.2, 0.25) is 0 Å². The predicted molar refractivity (Wildman–Crippen MR) is 100 cm³/mol. The first-order valence-corrected chi connectivity index (χ1v) is 8.18. The number of nitrogens with zero attached hydrogens (tertiary/aromatic N) is 5. The van der Waals surface area contributed by atoms with Gasteiger partial charge in [0.05, 0.1) is 24.5 Å². The van der Waals surface area contributed by atoms with Gasteiger partial charge in [-0.25, -0.2) is 15.0 Å². The van der Waals surface area contributed by atoms with Gasteiger partial charge in [-0.1, -0.05) is 24.3 Å². The Morgan fingerprint density at radius 3 is 2.69 bits per heavy atom. The number of anilines is 1. The summed E-state index contributed by atoms with van der Waals surface area (Å²) in [5.74, 6) is 0.661. The molecule has 0 atom stereocenters. The summed E-state index contributed by atoms with van der Waals surface area (Å²) in [6.07, 6.45) is 1.77. The molecule has 0 aliphatic heterocycles. The molecule has 6 nitrogen and oxygen atoms in total. The van der Waals surface area contributed by atoms with Crippen LogP contribution in [0.15, 0.2) is 54.9 Å². The molecule has 0 fully saturated rings. The number of nitriles is 1. The summed E-state index contributed by atoms with van der Waals surface area (Å²) in [5, 5.41) is 9.15. The molecular weight excluding hydrogens is 324 g/mol. The quantitative estimate of drug-likeness (QED) is 0.578. The van der Waals surface area contributed by atoms with Crippen LogP contribution in [0.3, 0.4) is 0 Å². The first-order chi connectivity index (χ1) is 12.6. The number of imidazole rings is 1. The number of benzene rings is 2. The van der Waals surface area contributed by atoms with Crippen molar-refractivity contribution in [2.45, 2.75) is 13.5 Å². The van der Waals surface area contributed by atoms with E-state index in [4.69, 9.17) is 11.0 Å². The SMILES string of the molecule is Cc1nc(-c2cccc(C#N)c2)c2ncn(Cc3ccc(N)cc3)c2n1. The zero-order valence-corrected chi connectivity index (χ0v) is 14.2. The summed E-state index contributed by atoms with van der Waals surface area (Å²) in [6.45, 7) is 2.50. The predicted octanol–water partition coefficient (Wildman–Crippen LogP) is 3.30. The third kappa shape index (κ3) is 2.87. The smallest absolute Gasteiger partial charge is 0.164 e. The average Bonchev–Trinajstić information content (AvgIpc) is 3.05. The van der Waals surface area contributed by atoms with E-state index in [9.17, 15) is 0 Å². The normalized spacial score (nSPS) is 10.8. The number of aromatic nitrogens is 4. The van der Waals surface area contributed by atoms with Crippen molar-refractivity contribution in [2.75, 3.05) is 5.73 Å². The summed E-state index contributed by atoms with van der Waals surface area (Å²) < 4.78 is 1.99. The van der Waals surface area contributed by atoms with E-state index in [2.05, 4.69) is 21.0 Å². The maximum absolute atomic E-state index is 9.15. The van der Waals surface area contributed by atoms with Crippen molar-refractivity contribution in [3.63, 3.8) is 0 Å². The molecule has 0 unspecified atom stereocenters. The number of nitrogens with two attached hydrogens (primary N) is 1. The molecule has 0 spiro atoms. The maximum atomic E-state index is 9.15. The van der Waals surface area contributed by atoms with Crippen LogP contribution >= 0.6 is 0 Å². The molecule has 2 N–H and O–H groups in total. The van der Waals surface area contributed by atoms with Crippen LogP contribution < -0.4 is 5.73 Å². The van der Waals surface area contributed by atoms with Gasteiger partial charge in [-0.2, -0.15) is 5.26 Å². The highest BCUT2D eigenvalue weighted by Gasteiger charge is 2.14. The second-order valence-corrected chi connectivity index (χ2v) is 6.10. The van der Waals surface area contributed by atoms with Crippen molar-refractivity contribution in [1.82, 2.24) is 19.5 Å². The Morgan fingerprint density at radius 2 is 1.92 bits per heavy atom. The lowest BCUT2D eigenvalue weighted by Gasteiger charge is -2.07. The molecule has 4 aromatic rings. The second kappa shape index (κ2) is 6.30. The molecule has 6 heteroatoms. The van der Waals surface area contributed by atoms with E-state index in [1.54, 1.807) is 12.4 Å². The van der Waals surface area contributed by atoms with E-state index < -0.39 is 0 Å². The third-order valence-electron chi connectivity index (χ3n) is 4.17. The monoisotopic (exact) mass is 340 g/mol. The van der Waals surface area contributed by atoms with Crippen molar-refractivity contribution in [2.24, 2.45) is 0 Å². The number of rotatable bonds is 3. The van der Waals surface area contributed by atoms with Gasteiger partial charge in [-0.3, -0.25) is 0 Å². The van der Waals surface area contributed by atoms with Crippen LogP contribution in [-0.2, 0) is 6.54 Å². The number of fused-ring (bicyclic) bond motifs is 1. The molecule has 4 rings (SSSR count). The van der Waals surface area contributed by atoms with E-state index in [1.807, 2.05) is 54.0 Å². The molecular formula is C20H16N6. The summed E-state index contributed by atoms with van der Waals surface area (Å²) >= 11 is 0. The zero-order valence-electron chi connectivity index (χ0n) is 14.2. The number of hydrogen-bond donors (Lipinski definition) is 1. The lowest BCUT2D eigenvalue weighted by Crippen LogP contribution is -2.02. The highest BCUT2D eigenvalue weighted by molar-refractivity contribution is 5.87. The molecule has 0 saturated heterocycles. The highest BCUT2D eigenvalue weighted by Crippen LogP contribution is 2.26. The van der Waals surface area contributed by atoms with Gasteiger partial charge in [0.2, 0.25) is 0 Å². The molecule has 26 heavy (non-hydrogen) atoms. The minimum Gasteiger partial charge on any atom is -0.399 e. The summed E-state index contributed by atoms with van der Waals surface area (Å²) in [5.41, 5.74) is 11.3. The molecule has 0 saturated carbocycles. The molecule has 0 amide bonds. The van der Waals surface area contributed by atoms with Crippen molar-refractivity contribution in [3.8, 4) is 17.3 Å². The van der Waals surface area contributed by atoms with Gasteiger partial charge < -0.3 is 10.3 Å². The zero-order chi connectivity index (χ0) is 18.1. The molecule has 0 aliphatic carbocycles. The van der Waals surface area contributed by atoms with E-state index >= 15 is 0 Å². The fourth-order valence-electron chi connectivity index (χ4n) is 2.93. The van der Waals surface area contributed by atoms with Gasteiger partial charge in [-0.05, 0) is 36.8 Å². The lowest BCUT2D eigenvalue weighted by molar-refractivity contribution is 0.810. The van der Waals surface area contributed by atoms with Crippen LogP contribution in [0.1, 0.15) is 17.0 Å². The standard InChI is InChI=1S/C20H16N6/c1-13-24-18(16-4-2-3-15(9-16)10-21)19-20(25-13)26(12-23-19)11-14-5-7-17(22)8-6-14/h2-9,12H,11,22H2,1H3. The third-order valence-corrected chi connectivity index (χ3v) is 4.17. The van der Waals surface area contributed by atoms with Gasteiger partial charge in [0.25, 0.3) is 0 Å². The molecule has 2 heterocycles. The van der Waals surface area contributed by atoms with Gasteiger partial charge in [-0.15, -0.1) is 0 Å². The molecule has 2 aromatic heterocycles. The van der Waals surface area contributed by atoms with Crippen LogP contribution in [0, 0.1) is 18.3 Å². The Bertz CT molecular complexity index is 1140. The average molecular weight is 340 g/mol. The Kier molecular flexibility index (Phi) is 3.82. The maximum Gasteiger partial charge on any atom is 0.164 e. The molecule has 0 radical (unpaired) electrons. The van der Waals surface area contributed by atoms with E-state index in [0.29, 0.717) is 17.9 Å². The van der Waals surface area contributed by atoms with E-state index in [0.717, 1.165) is 33.7 Å². The van der Waals surface area contributed by atoms with Crippen LogP contribution in [0.25, 0.3) is 22.4 Å². The van der Waals surface area contributed by atoms with Gasteiger partial charge in [0, 0.05) is 11.3 Å². The second-order valence-electron chi connectivity index (χ2n) is 6.10. The first kappa shape index (κ1) is 15.8. The van der Waals surface area contributed by atoms with Crippen molar-refractivity contribution >= 4 is 16.9 Å². The number of aryl methyl sites for hydroxylation is 1. The van der Waals surface area contributed by atoms with Gasteiger partial charge >= 0.3 is 0 Å². The highest BCUT2D eigenvalue weighted by atomic mass is 15.1. The molecule has 0 aliphatic rings. The molecule has 2 aromatic carbocycles. The topological polar surface area (TPSA) is 93.4 Å². The molecule has 126 valence electrons. The van der Waals surface area contributed by atoms with Crippen molar-refractivity contribution in [3.05, 3.63) is 71.8 Å². The van der Waals surface area contributed by atoms with E-state index in [1.165, 1.54) is 0 Å². The van der Waals surface area contributed by atoms with Crippen molar-refractivity contribution in [1.29, 1.82) is 5.26 Å². The van der Waals surface area contributed by atoms with Crippen LogP contribution in [-0.4, -0.2) is 19.5 Å². The fraction of sp³-hybridized carbons (Fsp3) is 0.100. The van der Waals surface area contributed by atoms with Gasteiger partial charge in [0.1, 0.15) is 17.0 Å². The van der Waals surface area contributed by atoms with Crippen LogP contribution in [0.5, 0.6) is 0 Å². The Hall–Kier alpha value is -3.72. The van der Waals surface area contributed by atoms with Crippen LogP contribution in [0.4, 0.5) is 5.69 Å². The Balaban J connectivity index is 1.82. The first-order valence-electron chi connectivity index (χ1n) is 8.18. The Labute approximate surface area is 150 Å². The minimum absolute atomic E-state index is 0.591. The number of nitrogen functional groups attached to an aromatic ring is 1. The molecule has 0 bridgehead atoms. The summed E-state index contributed by atoms with van der Waals surface area (Å²) in [4.78, 5) is 13.7. The lowest BCUT2D eigenvalue weighted by atomic mass is 10.1. The van der Waals surface area contributed by atoms with Gasteiger partial charge in [0.15, 0.2) is 5.65 Å². The summed E-state index contributed by atoms with van der Waals surface area (Å²) in [7, 11) is 0. The largest absolute Gasteiger partial charge is 0.399 e. The minimum atomic E-state index is 0.591. The fourth-order valence-corrected chi connectivity index (χ4v) is 2.93. The van der Waals surface area contributed by atoms with Crippen molar-refractivity contribution < 1.29 is 0 Å². The Morgan fingerprint density at radius 1 is 1.12 bits per heavy atom.